The van der Waals surface area contributed by atoms with Crippen LogP contribution in [0, 0.1) is 0 Å². The standard InChI is InChI=1S/C10H17N3O/c1-7(2)14-10-8(11)5-6-9(12-10)13(3)4/h5-7H,11H2,1-4H3. The molecule has 2 N–H and O–H groups in total. The SMILES string of the molecule is CC(C)Oc1nc(N(C)C)ccc1N. The molecule has 0 aliphatic carbocycles. The molecule has 1 rings (SSSR count). The van der Waals surface area contributed by atoms with Crippen LogP contribution in [0.3, 0.4) is 0 Å². The highest BCUT2D eigenvalue weighted by atomic mass is 16.5. The van der Waals surface area contributed by atoms with Crippen LogP contribution in [0.1, 0.15) is 13.8 Å². The van der Waals surface area contributed by atoms with E-state index in [4.69, 9.17) is 10.5 Å². The third kappa shape index (κ3) is 2.52. The molecule has 0 bridgehead atoms. The smallest absolute Gasteiger partial charge is 0.239 e. The van der Waals surface area contributed by atoms with Gasteiger partial charge < -0.3 is 15.4 Å². The molecule has 0 saturated carbocycles. The first-order chi connectivity index (χ1) is 6.50. The van der Waals surface area contributed by atoms with Crippen LogP contribution < -0.4 is 15.4 Å². The molecule has 0 aromatic carbocycles. The zero-order valence-corrected chi connectivity index (χ0v) is 9.11. The Bertz CT molecular complexity index is 310. The fraction of sp³-hybridized carbons (Fsp3) is 0.500. The van der Waals surface area contributed by atoms with E-state index in [0.29, 0.717) is 11.6 Å². The highest BCUT2D eigenvalue weighted by molar-refractivity contribution is 5.54. The summed E-state index contributed by atoms with van der Waals surface area (Å²) in [6.45, 7) is 3.90. The van der Waals surface area contributed by atoms with Gasteiger partial charge in [0, 0.05) is 14.1 Å². The van der Waals surface area contributed by atoms with Gasteiger partial charge in [0.25, 0.3) is 0 Å². The van der Waals surface area contributed by atoms with E-state index in [1.165, 1.54) is 0 Å². The normalized spacial score (nSPS) is 10.4. The van der Waals surface area contributed by atoms with E-state index in [2.05, 4.69) is 4.98 Å². The minimum Gasteiger partial charge on any atom is -0.473 e. The number of nitrogens with zero attached hydrogens (tertiary/aromatic N) is 2. The van der Waals surface area contributed by atoms with Gasteiger partial charge in [0.2, 0.25) is 5.88 Å². The third-order valence-electron chi connectivity index (χ3n) is 1.68. The number of pyridine rings is 1. The van der Waals surface area contributed by atoms with Crippen molar-refractivity contribution < 1.29 is 4.74 Å². The molecule has 0 fully saturated rings. The van der Waals surface area contributed by atoms with Gasteiger partial charge in [-0.25, -0.2) is 0 Å². The van der Waals surface area contributed by atoms with Crippen molar-refractivity contribution in [3.05, 3.63) is 12.1 Å². The first-order valence-electron chi connectivity index (χ1n) is 4.61. The molecule has 0 atom stereocenters. The van der Waals surface area contributed by atoms with E-state index in [1.807, 2.05) is 38.9 Å². The maximum atomic E-state index is 5.73. The number of hydrogen-bond donors (Lipinski definition) is 1. The summed E-state index contributed by atoms with van der Waals surface area (Å²) in [5.74, 6) is 1.35. The number of nitrogens with two attached hydrogens (primary N) is 1. The van der Waals surface area contributed by atoms with Crippen LogP contribution in [0.5, 0.6) is 5.88 Å². The van der Waals surface area contributed by atoms with Gasteiger partial charge >= 0.3 is 0 Å². The molecule has 1 aromatic heterocycles. The first kappa shape index (κ1) is 10.6. The van der Waals surface area contributed by atoms with Crippen LogP contribution in [-0.4, -0.2) is 25.2 Å². The number of nitrogen functional groups attached to an aromatic ring is 1. The summed E-state index contributed by atoms with van der Waals surface area (Å²) in [4.78, 5) is 6.20. The summed E-state index contributed by atoms with van der Waals surface area (Å²) >= 11 is 0. The highest BCUT2D eigenvalue weighted by Crippen LogP contribution is 2.22. The number of aromatic nitrogens is 1. The Kier molecular flexibility index (Phi) is 3.17. The first-order valence-corrected chi connectivity index (χ1v) is 4.61. The summed E-state index contributed by atoms with van der Waals surface area (Å²) in [5, 5.41) is 0. The zero-order chi connectivity index (χ0) is 10.7. The molecule has 0 spiro atoms. The van der Waals surface area contributed by atoms with Gasteiger partial charge in [-0.3, -0.25) is 0 Å². The zero-order valence-electron chi connectivity index (χ0n) is 9.11. The largest absolute Gasteiger partial charge is 0.473 e. The van der Waals surface area contributed by atoms with Crippen molar-refractivity contribution in [1.82, 2.24) is 4.98 Å². The van der Waals surface area contributed by atoms with Crippen molar-refractivity contribution in [2.75, 3.05) is 24.7 Å². The van der Waals surface area contributed by atoms with Crippen LogP contribution in [0.2, 0.25) is 0 Å². The van der Waals surface area contributed by atoms with Crippen LogP contribution in [0.4, 0.5) is 11.5 Å². The number of ether oxygens (including phenoxy) is 1. The summed E-state index contributed by atoms with van der Waals surface area (Å²) in [5.41, 5.74) is 6.31. The van der Waals surface area contributed by atoms with Crippen LogP contribution in [0.25, 0.3) is 0 Å². The lowest BCUT2D eigenvalue weighted by atomic mass is 10.4. The van der Waals surface area contributed by atoms with E-state index in [9.17, 15) is 0 Å². The van der Waals surface area contributed by atoms with Crippen molar-refractivity contribution >= 4 is 11.5 Å². The molecule has 1 heterocycles. The summed E-state index contributed by atoms with van der Waals surface area (Å²) in [6.07, 6.45) is 0.0854. The van der Waals surface area contributed by atoms with Gasteiger partial charge in [0.1, 0.15) is 5.82 Å². The molecule has 0 aliphatic heterocycles. The fourth-order valence-electron chi connectivity index (χ4n) is 1.01. The summed E-state index contributed by atoms with van der Waals surface area (Å²) in [7, 11) is 3.86. The predicted molar refractivity (Wildman–Crippen MR) is 58.7 cm³/mol. The second-order valence-corrected chi connectivity index (χ2v) is 3.62. The monoisotopic (exact) mass is 195 g/mol. The molecule has 0 radical (unpaired) electrons. The Morgan fingerprint density at radius 2 is 2.00 bits per heavy atom. The Balaban J connectivity index is 2.96. The Morgan fingerprint density at radius 1 is 1.36 bits per heavy atom. The molecule has 0 unspecified atom stereocenters. The quantitative estimate of drug-likeness (QED) is 0.794. The van der Waals surface area contributed by atoms with Crippen LogP contribution in [0.15, 0.2) is 12.1 Å². The van der Waals surface area contributed by atoms with Crippen molar-refractivity contribution in [2.24, 2.45) is 0 Å². The number of anilines is 2. The maximum Gasteiger partial charge on any atom is 0.239 e. The van der Waals surface area contributed by atoms with Crippen LogP contribution >= 0.6 is 0 Å². The molecule has 0 amide bonds. The van der Waals surface area contributed by atoms with Gasteiger partial charge in [-0.15, -0.1) is 0 Å². The van der Waals surface area contributed by atoms with Gasteiger partial charge in [0.05, 0.1) is 11.8 Å². The number of hydrogen-bond acceptors (Lipinski definition) is 4. The molecule has 78 valence electrons. The minimum absolute atomic E-state index is 0.0854. The Morgan fingerprint density at radius 3 is 2.50 bits per heavy atom. The third-order valence-corrected chi connectivity index (χ3v) is 1.68. The van der Waals surface area contributed by atoms with Crippen molar-refractivity contribution in [1.29, 1.82) is 0 Å². The van der Waals surface area contributed by atoms with Gasteiger partial charge in [0.15, 0.2) is 0 Å². The van der Waals surface area contributed by atoms with E-state index in [0.717, 1.165) is 5.82 Å². The molecule has 0 aliphatic rings. The molecular weight excluding hydrogens is 178 g/mol. The second-order valence-electron chi connectivity index (χ2n) is 3.62. The summed E-state index contributed by atoms with van der Waals surface area (Å²) in [6, 6.07) is 3.67. The van der Waals surface area contributed by atoms with Crippen molar-refractivity contribution in [2.45, 2.75) is 20.0 Å². The lowest BCUT2D eigenvalue weighted by Gasteiger charge is -2.15. The predicted octanol–water partition coefficient (Wildman–Crippen LogP) is 1.52. The highest BCUT2D eigenvalue weighted by Gasteiger charge is 2.06. The average molecular weight is 195 g/mol. The van der Waals surface area contributed by atoms with E-state index < -0.39 is 0 Å². The Labute approximate surface area is 84.7 Å². The van der Waals surface area contributed by atoms with Gasteiger partial charge in [-0.05, 0) is 26.0 Å². The molecule has 1 aromatic rings. The van der Waals surface area contributed by atoms with Gasteiger partial charge in [-0.1, -0.05) is 0 Å². The van der Waals surface area contributed by atoms with Crippen LogP contribution in [-0.2, 0) is 0 Å². The topological polar surface area (TPSA) is 51.4 Å². The fourth-order valence-corrected chi connectivity index (χ4v) is 1.01. The average Bonchev–Trinajstić information content (AvgIpc) is 2.07. The molecule has 0 saturated heterocycles. The Hall–Kier alpha value is -1.45. The number of rotatable bonds is 3. The van der Waals surface area contributed by atoms with E-state index >= 15 is 0 Å². The van der Waals surface area contributed by atoms with E-state index in [1.54, 1.807) is 6.07 Å². The molecular formula is C10H17N3O. The maximum absolute atomic E-state index is 5.73. The molecule has 14 heavy (non-hydrogen) atoms. The van der Waals surface area contributed by atoms with Crippen molar-refractivity contribution in [3.63, 3.8) is 0 Å². The minimum atomic E-state index is 0.0854. The lowest BCUT2D eigenvalue weighted by Crippen LogP contribution is -2.14. The van der Waals surface area contributed by atoms with Gasteiger partial charge in [-0.2, -0.15) is 4.98 Å². The lowest BCUT2D eigenvalue weighted by molar-refractivity contribution is 0.234. The second kappa shape index (κ2) is 4.17. The van der Waals surface area contributed by atoms with Crippen molar-refractivity contribution in [3.8, 4) is 5.88 Å². The molecule has 4 heteroatoms. The summed E-state index contributed by atoms with van der Waals surface area (Å²) < 4.78 is 5.47. The van der Waals surface area contributed by atoms with E-state index in [-0.39, 0.29) is 6.10 Å². The molecule has 4 nitrogen and oxygen atoms in total.